The monoisotopic (exact) mass is 451 g/mol. The average Bonchev–Trinajstić information content (AvgIpc) is 3.50. The van der Waals surface area contributed by atoms with E-state index in [1.165, 1.54) is 18.2 Å². The number of nitrogens with one attached hydrogen (secondary N) is 1. The molecule has 3 aromatic carbocycles. The van der Waals surface area contributed by atoms with Crippen LogP contribution in [-0.2, 0) is 4.79 Å². The van der Waals surface area contributed by atoms with Crippen LogP contribution in [-0.4, -0.2) is 15.8 Å². The van der Waals surface area contributed by atoms with Crippen molar-refractivity contribution < 1.29 is 18.6 Å². The number of carbonyl (C=O) groups excluding carboxylic acids is 1. The van der Waals surface area contributed by atoms with Crippen LogP contribution in [0.4, 0.5) is 11.4 Å². The molecule has 0 radical (unpaired) electrons. The molecule has 0 spiro atoms. The maximum absolute atomic E-state index is 12.3. The number of nitro groups is 1. The summed E-state index contributed by atoms with van der Waals surface area (Å²) in [6.45, 7) is 0. The van der Waals surface area contributed by atoms with Crippen LogP contribution in [0.2, 0.25) is 0 Å². The zero-order chi connectivity index (χ0) is 23.5. The molecular weight excluding hydrogens is 434 g/mol. The van der Waals surface area contributed by atoms with Crippen molar-refractivity contribution in [2.24, 2.45) is 0 Å². The highest BCUT2D eigenvalue weighted by Crippen LogP contribution is 2.31. The number of nitrogens with zero attached hydrogens (tertiary/aromatic N) is 2. The number of amides is 1. The normalized spacial score (nSPS) is 11.2. The molecule has 0 bridgehead atoms. The molecule has 34 heavy (non-hydrogen) atoms. The number of carbonyl (C=O) groups is 1. The van der Waals surface area contributed by atoms with E-state index in [4.69, 9.17) is 8.83 Å². The molecule has 5 aromatic rings. The second-order valence-corrected chi connectivity index (χ2v) is 7.36. The highest BCUT2D eigenvalue weighted by atomic mass is 16.6. The van der Waals surface area contributed by atoms with Gasteiger partial charge in [0.1, 0.15) is 17.0 Å². The highest BCUT2D eigenvalue weighted by molar-refractivity contribution is 6.01. The third-order valence-corrected chi connectivity index (χ3v) is 5.09. The van der Waals surface area contributed by atoms with Crippen molar-refractivity contribution in [1.82, 2.24) is 4.98 Å². The van der Waals surface area contributed by atoms with E-state index in [-0.39, 0.29) is 11.6 Å². The summed E-state index contributed by atoms with van der Waals surface area (Å²) in [5.41, 5.74) is 3.21. The molecule has 8 heteroatoms. The summed E-state index contributed by atoms with van der Waals surface area (Å²) in [7, 11) is 0. The first-order valence-corrected chi connectivity index (χ1v) is 10.4. The summed E-state index contributed by atoms with van der Waals surface area (Å²) in [6, 6.07) is 24.3. The van der Waals surface area contributed by atoms with E-state index in [0.717, 1.165) is 11.1 Å². The van der Waals surface area contributed by atoms with Crippen molar-refractivity contribution in [2.45, 2.75) is 0 Å². The number of rotatable bonds is 6. The zero-order valence-corrected chi connectivity index (χ0v) is 17.7. The Labute approximate surface area is 193 Å². The Morgan fingerprint density at radius 2 is 1.68 bits per heavy atom. The van der Waals surface area contributed by atoms with Crippen LogP contribution in [0.25, 0.3) is 40.0 Å². The lowest BCUT2D eigenvalue weighted by atomic mass is 10.1. The molecule has 166 valence electrons. The molecule has 0 aliphatic carbocycles. The lowest BCUT2D eigenvalue weighted by Crippen LogP contribution is -2.07. The number of furan rings is 1. The first kappa shape index (κ1) is 20.9. The number of fused-ring (bicyclic) bond motifs is 1. The predicted molar refractivity (Wildman–Crippen MR) is 128 cm³/mol. The van der Waals surface area contributed by atoms with E-state index < -0.39 is 4.92 Å². The van der Waals surface area contributed by atoms with Crippen LogP contribution >= 0.6 is 0 Å². The van der Waals surface area contributed by atoms with Gasteiger partial charge in [0.2, 0.25) is 11.8 Å². The van der Waals surface area contributed by atoms with Crippen LogP contribution in [0.1, 0.15) is 5.76 Å². The van der Waals surface area contributed by atoms with Gasteiger partial charge in [0.25, 0.3) is 5.69 Å². The number of para-hydroxylation sites is 3. The van der Waals surface area contributed by atoms with Gasteiger partial charge in [0.15, 0.2) is 5.58 Å². The van der Waals surface area contributed by atoms with Crippen molar-refractivity contribution in [1.29, 1.82) is 0 Å². The second-order valence-electron chi connectivity index (χ2n) is 7.36. The van der Waals surface area contributed by atoms with Crippen molar-refractivity contribution in [3.05, 3.63) is 107 Å². The third-order valence-electron chi connectivity index (χ3n) is 5.09. The van der Waals surface area contributed by atoms with E-state index in [9.17, 15) is 14.9 Å². The summed E-state index contributed by atoms with van der Waals surface area (Å²) in [6.07, 6.45) is 2.83. The average molecular weight is 451 g/mol. The molecule has 0 aliphatic heterocycles. The number of benzene rings is 3. The van der Waals surface area contributed by atoms with E-state index in [0.29, 0.717) is 34.2 Å². The second kappa shape index (κ2) is 8.87. The minimum atomic E-state index is -0.462. The van der Waals surface area contributed by atoms with Gasteiger partial charge in [-0.15, -0.1) is 0 Å². The lowest BCUT2D eigenvalue weighted by molar-refractivity contribution is -0.384. The molecule has 0 saturated heterocycles. The largest absolute Gasteiger partial charge is 0.456 e. The molecule has 8 nitrogen and oxygen atoms in total. The van der Waals surface area contributed by atoms with Crippen LogP contribution in [0.15, 0.2) is 99.8 Å². The van der Waals surface area contributed by atoms with Crippen molar-refractivity contribution in [2.75, 3.05) is 5.32 Å². The smallest absolute Gasteiger partial charge is 0.280 e. The van der Waals surface area contributed by atoms with Crippen LogP contribution in [0.3, 0.4) is 0 Å². The number of hydrogen-bond acceptors (Lipinski definition) is 6. The highest BCUT2D eigenvalue weighted by Gasteiger charge is 2.16. The lowest BCUT2D eigenvalue weighted by Gasteiger charge is -2.02. The number of nitro benzene ring substituents is 1. The van der Waals surface area contributed by atoms with Crippen molar-refractivity contribution >= 4 is 34.5 Å². The zero-order valence-electron chi connectivity index (χ0n) is 17.7. The Balaban J connectivity index is 1.25. The predicted octanol–water partition coefficient (Wildman–Crippen LogP) is 6.31. The van der Waals surface area contributed by atoms with Crippen LogP contribution in [0.5, 0.6) is 0 Å². The molecule has 2 heterocycles. The summed E-state index contributed by atoms with van der Waals surface area (Å²) in [5.74, 6) is 0.904. The Morgan fingerprint density at radius 3 is 2.47 bits per heavy atom. The molecule has 2 aromatic heterocycles. The molecule has 5 rings (SSSR count). The van der Waals surface area contributed by atoms with Gasteiger partial charge in [-0.1, -0.05) is 24.3 Å². The number of aromatic nitrogens is 1. The van der Waals surface area contributed by atoms with Gasteiger partial charge in [-0.2, -0.15) is 0 Å². The topological polar surface area (TPSA) is 111 Å². The summed E-state index contributed by atoms with van der Waals surface area (Å²) < 4.78 is 11.4. The van der Waals surface area contributed by atoms with Crippen molar-refractivity contribution in [3.63, 3.8) is 0 Å². The van der Waals surface area contributed by atoms with E-state index >= 15 is 0 Å². The summed E-state index contributed by atoms with van der Waals surface area (Å²) in [5, 5.41) is 14.0. The van der Waals surface area contributed by atoms with E-state index in [1.807, 2.05) is 36.4 Å². The minimum absolute atomic E-state index is 0.0496. The molecule has 0 atom stereocenters. The Kier molecular flexibility index (Phi) is 5.45. The maximum Gasteiger partial charge on any atom is 0.280 e. The number of oxazole rings is 1. The van der Waals surface area contributed by atoms with Gasteiger partial charge in [-0.25, -0.2) is 4.98 Å². The molecule has 1 amide bonds. The van der Waals surface area contributed by atoms with Crippen LogP contribution in [0, 0.1) is 10.1 Å². The van der Waals surface area contributed by atoms with Gasteiger partial charge in [0.05, 0.1) is 10.5 Å². The summed E-state index contributed by atoms with van der Waals surface area (Å²) in [4.78, 5) is 27.5. The fourth-order valence-corrected chi connectivity index (χ4v) is 3.46. The quantitative estimate of drug-likeness (QED) is 0.184. The molecule has 0 saturated carbocycles. The van der Waals surface area contributed by atoms with Gasteiger partial charge in [-0.05, 0) is 60.7 Å². The minimum Gasteiger partial charge on any atom is -0.456 e. The molecule has 0 fully saturated rings. The molecular formula is C26H17N3O5. The molecule has 0 unspecified atom stereocenters. The standard InChI is InChI=1S/C26H17N3O5/c30-25(16-14-19-13-15-23(33-19)20-5-1-3-7-22(20)29(31)32)27-18-11-9-17(10-12-18)26-28-21-6-2-4-8-24(21)34-26/h1-16H,(H,27,30). The van der Waals surface area contributed by atoms with E-state index in [1.54, 1.807) is 42.5 Å². The molecule has 0 aliphatic rings. The van der Waals surface area contributed by atoms with Crippen LogP contribution < -0.4 is 5.32 Å². The Morgan fingerprint density at radius 1 is 0.912 bits per heavy atom. The summed E-state index contributed by atoms with van der Waals surface area (Å²) >= 11 is 0. The van der Waals surface area contributed by atoms with Gasteiger partial charge in [-0.3, -0.25) is 14.9 Å². The fourth-order valence-electron chi connectivity index (χ4n) is 3.46. The first-order valence-electron chi connectivity index (χ1n) is 10.4. The maximum atomic E-state index is 12.3. The number of anilines is 1. The van der Waals surface area contributed by atoms with Gasteiger partial charge in [0, 0.05) is 23.4 Å². The molecule has 1 N–H and O–H groups in total. The number of hydrogen-bond donors (Lipinski definition) is 1. The third kappa shape index (κ3) is 4.33. The van der Waals surface area contributed by atoms with E-state index in [2.05, 4.69) is 10.3 Å². The van der Waals surface area contributed by atoms with Gasteiger partial charge >= 0.3 is 0 Å². The van der Waals surface area contributed by atoms with Gasteiger partial charge < -0.3 is 14.2 Å². The Hall–Kier alpha value is -4.98. The SMILES string of the molecule is O=C(C=Cc1ccc(-c2ccccc2[N+](=O)[O-])o1)Nc1ccc(-c2nc3ccccc3o2)cc1. The van der Waals surface area contributed by atoms with Crippen molar-refractivity contribution in [3.8, 4) is 22.8 Å². The Bertz CT molecular complexity index is 1500. The first-order chi connectivity index (χ1) is 16.6. The fraction of sp³-hybridized carbons (Fsp3) is 0.